The summed E-state index contributed by atoms with van der Waals surface area (Å²) in [5, 5.41) is 0. The molecule has 5 nitrogen and oxygen atoms in total. The van der Waals surface area contributed by atoms with E-state index in [-0.39, 0.29) is 6.54 Å². The Kier molecular flexibility index (Phi) is 4.74. The summed E-state index contributed by atoms with van der Waals surface area (Å²) in [4.78, 5) is 12.3. The SMILES string of the molecule is Cc1c(C(N)=O)c(-c2ccc3c(c2)OCCO3)c(C)n1Cc1ccc(F)c(F)c1. The fourth-order valence-corrected chi connectivity index (χ4v) is 3.79. The molecule has 1 aromatic heterocycles. The van der Waals surface area contributed by atoms with Crippen molar-refractivity contribution in [3.8, 4) is 22.6 Å². The van der Waals surface area contributed by atoms with Crippen LogP contribution in [0.15, 0.2) is 36.4 Å². The van der Waals surface area contributed by atoms with Gasteiger partial charge in [0.25, 0.3) is 5.91 Å². The van der Waals surface area contributed by atoms with Gasteiger partial charge in [-0.25, -0.2) is 8.78 Å². The van der Waals surface area contributed by atoms with Gasteiger partial charge in [-0.1, -0.05) is 12.1 Å². The van der Waals surface area contributed by atoms with Gasteiger partial charge in [0, 0.05) is 23.5 Å². The Morgan fingerprint density at radius 3 is 2.41 bits per heavy atom. The maximum absolute atomic E-state index is 13.6. The molecule has 1 aliphatic heterocycles. The Balaban J connectivity index is 1.83. The zero-order valence-corrected chi connectivity index (χ0v) is 16.1. The summed E-state index contributed by atoms with van der Waals surface area (Å²) in [6.45, 7) is 4.87. The predicted octanol–water partition coefficient (Wildman–Crippen LogP) is 3.97. The fourth-order valence-electron chi connectivity index (χ4n) is 3.79. The first kappa shape index (κ1) is 19.0. The maximum atomic E-state index is 13.6. The van der Waals surface area contributed by atoms with E-state index in [0.717, 1.165) is 23.4 Å². The number of aromatic nitrogens is 1. The third-order valence-electron chi connectivity index (χ3n) is 5.19. The molecular weight excluding hydrogens is 378 g/mol. The number of hydrogen-bond acceptors (Lipinski definition) is 3. The molecule has 29 heavy (non-hydrogen) atoms. The van der Waals surface area contributed by atoms with Crippen LogP contribution in [0.2, 0.25) is 0 Å². The first-order valence-electron chi connectivity index (χ1n) is 9.20. The Labute approximate surface area is 166 Å². The van der Waals surface area contributed by atoms with Crippen molar-refractivity contribution >= 4 is 5.91 Å². The molecule has 0 unspecified atom stereocenters. The second-order valence-electron chi connectivity index (χ2n) is 6.98. The first-order chi connectivity index (χ1) is 13.9. The first-order valence-corrected chi connectivity index (χ1v) is 9.20. The number of carbonyl (C=O) groups excluding carboxylic acids is 1. The lowest BCUT2D eigenvalue weighted by molar-refractivity contribution is 0.1000. The summed E-state index contributed by atoms with van der Waals surface area (Å²) in [6.07, 6.45) is 0. The van der Waals surface area contributed by atoms with Crippen LogP contribution in [-0.4, -0.2) is 23.7 Å². The number of benzene rings is 2. The van der Waals surface area contributed by atoms with Crippen molar-refractivity contribution in [2.24, 2.45) is 5.73 Å². The lowest BCUT2D eigenvalue weighted by Gasteiger charge is -2.19. The monoisotopic (exact) mass is 398 g/mol. The van der Waals surface area contributed by atoms with Gasteiger partial charge in [0.1, 0.15) is 13.2 Å². The molecule has 0 radical (unpaired) electrons. The van der Waals surface area contributed by atoms with Crippen molar-refractivity contribution in [3.05, 3.63) is 70.5 Å². The average molecular weight is 398 g/mol. The van der Waals surface area contributed by atoms with Crippen LogP contribution in [-0.2, 0) is 6.54 Å². The van der Waals surface area contributed by atoms with Crippen LogP contribution in [0.5, 0.6) is 11.5 Å². The van der Waals surface area contributed by atoms with Gasteiger partial charge in [0.05, 0.1) is 5.56 Å². The topological polar surface area (TPSA) is 66.5 Å². The highest BCUT2D eigenvalue weighted by atomic mass is 19.2. The normalized spacial score (nSPS) is 12.8. The van der Waals surface area contributed by atoms with E-state index in [1.807, 2.05) is 23.6 Å². The average Bonchev–Trinajstić information content (AvgIpc) is 2.95. The molecule has 0 saturated carbocycles. The van der Waals surface area contributed by atoms with Crippen molar-refractivity contribution < 1.29 is 23.0 Å². The smallest absolute Gasteiger partial charge is 0.251 e. The summed E-state index contributed by atoms with van der Waals surface area (Å²) >= 11 is 0. The number of carbonyl (C=O) groups is 1. The highest BCUT2D eigenvalue weighted by Gasteiger charge is 2.24. The molecule has 0 bridgehead atoms. The van der Waals surface area contributed by atoms with Crippen LogP contribution in [0.4, 0.5) is 8.78 Å². The molecule has 0 spiro atoms. The van der Waals surface area contributed by atoms with E-state index >= 15 is 0 Å². The van der Waals surface area contributed by atoms with E-state index < -0.39 is 17.5 Å². The number of halogens is 2. The number of fused-ring (bicyclic) bond motifs is 1. The van der Waals surface area contributed by atoms with Crippen LogP contribution in [0.1, 0.15) is 27.3 Å². The second-order valence-corrected chi connectivity index (χ2v) is 6.98. The van der Waals surface area contributed by atoms with E-state index in [9.17, 15) is 13.6 Å². The Morgan fingerprint density at radius 2 is 1.72 bits per heavy atom. The minimum absolute atomic E-state index is 0.277. The number of ether oxygens (including phenoxy) is 2. The lowest BCUT2D eigenvalue weighted by Crippen LogP contribution is -2.15. The van der Waals surface area contributed by atoms with Crippen molar-refractivity contribution in [1.29, 1.82) is 0 Å². The Hall–Kier alpha value is -3.35. The van der Waals surface area contributed by atoms with Crippen molar-refractivity contribution in [3.63, 3.8) is 0 Å². The second kappa shape index (κ2) is 7.24. The standard InChI is InChI=1S/C22H20F2N2O3/c1-12-20(15-4-6-18-19(10-15)29-8-7-28-18)21(22(25)27)13(2)26(12)11-14-3-5-16(23)17(24)9-14/h3-6,9-10H,7-8,11H2,1-2H3,(H2,25,27). The van der Waals surface area contributed by atoms with Gasteiger partial charge in [-0.05, 0) is 49.2 Å². The summed E-state index contributed by atoms with van der Waals surface area (Å²) in [7, 11) is 0. The van der Waals surface area contributed by atoms with E-state index in [0.29, 0.717) is 47.1 Å². The van der Waals surface area contributed by atoms with Crippen LogP contribution in [0.25, 0.3) is 11.1 Å². The molecule has 0 fully saturated rings. The Morgan fingerprint density at radius 1 is 1.00 bits per heavy atom. The molecule has 1 amide bonds. The quantitative estimate of drug-likeness (QED) is 0.723. The molecule has 1 aliphatic rings. The van der Waals surface area contributed by atoms with Crippen LogP contribution < -0.4 is 15.2 Å². The van der Waals surface area contributed by atoms with E-state index in [2.05, 4.69) is 0 Å². The number of nitrogens with two attached hydrogens (primary N) is 1. The largest absolute Gasteiger partial charge is 0.486 e. The minimum Gasteiger partial charge on any atom is -0.486 e. The summed E-state index contributed by atoms with van der Waals surface area (Å²) in [5.74, 6) is -1.11. The molecule has 4 rings (SSSR count). The van der Waals surface area contributed by atoms with Crippen LogP contribution in [0.3, 0.4) is 0 Å². The Bertz CT molecular complexity index is 1120. The summed E-state index contributed by atoms with van der Waals surface area (Å²) < 4.78 is 40.0. The number of amides is 1. The van der Waals surface area contributed by atoms with Crippen LogP contribution in [0, 0.1) is 25.5 Å². The van der Waals surface area contributed by atoms with Gasteiger partial charge in [-0.15, -0.1) is 0 Å². The number of nitrogens with zero attached hydrogens (tertiary/aromatic N) is 1. The van der Waals surface area contributed by atoms with Crippen molar-refractivity contribution in [2.45, 2.75) is 20.4 Å². The molecule has 0 saturated heterocycles. The van der Waals surface area contributed by atoms with E-state index in [1.165, 1.54) is 6.07 Å². The van der Waals surface area contributed by atoms with Crippen molar-refractivity contribution in [1.82, 2.24) is 4.57 Å². The summed E-state index contributed by atoms with van der Waals surface area (Å²) in [6, 6.07) is 9.24. The maximum Gasteiger partial charge on any atom is 0.251 e. The summed E-state index contributed by atoms with van der Waals surface area (Å²) in [5.41, 5.74) is 9.57. The fraction of sp³-hybridized carbons (Fsp3) is 0.227. The van der Waals surface area contributed by atoms with Gasteiger partial charge >= 0.3 is 0 Å². The number of rotatable bonds is 4. The van der Waals surface area contributed by atoms with Gasteiger partial charge in [0.2, 0.25) is 0 Å². The minimum atomic E-state index is -0.910. The molecule has 150 valence electrons. The molecule has 7 heteroatoms. The van der Waals surface area contributed by atoms with Gasteiger partial charge in [-0.3, -0.25) is 4.79 Å². The van der Waals surface area contributed by atoms with E-state index in [1.54, 1.807) is 13.0 Å². The molecule has 0 aliphatic carbocycles. The predicted molar refractivity (Wildman–Crippen MR) is 104 cm³/mol. The molecule has 0 atom stereocenters. The van der Waals surface area contributed by atoms with E-state index in [4.69, 9.17) is 15.2 Å². The third kappa shape index (κ3) is 3.33. The molecule has 2 N–H and O–H groups in total. The highest BCUT2D eigenvalue weighted by molar-refractivity contribution is 6.02. The molecule has 3 aromatic rings. The van der Waals surface area contributed by atoms with Crippen molar-refractivity contribution in [2.75, 3.05) is 13.2 Å². The molecule has 2 aromatic carbocycles. The highest BCUT2D eigenvalue weighted by Crippen LogP contribution is 2.38. The molecular formula is C22H20F2N2O3. The van der Waals surface area contributed by atoms with Crippen LogP contribution >= 0.6 is 0 Å². The number of hydrogen-bond donors (Lipinski definition) is 1. The zero-order chi connectivity index (χ0) is 20.7. The van der Waals surface area contributed by atoms with Gasteiger partial charge < -0.3 is 19.8 Å². The van der Waals surface area contributed by atoms with Gasteiger partial charge in [0.15, 0.2) is 23.1 Å². The number of primary amides is 1. The zero-order valence-electron chi connectivity index (χ0n) is 16.1. The van der Waals surface area contributed by atoms with Gasteiger partial charge in [-0.2, -0.15) is 0 Å². The third-order valence-corrected chi connectivity index (χ3v) is 5.19. The molecule has 2 heterocycles. The lowest BCUT2D eigenvalue weighted by atomic mass is 9.99.